The van der Waals surface area contributed by atoms with Crippen LogP contribution in [0.25, 0.3) is 0 Å². The summed E-state index contributed by atoms with van der Waals surface area (Å²) in [6, 6.07) is 7.82. The first-order valence-electron chi connectivity index (χ1n) is 14.1. The van der Waals surface area contributed by atoms with Gasteiger partial charge in [-0.15, -0.1) is 0 Å². The van der Waals surface area contributed by atoms with Crippen LogP contribution in [-0.2, 0) is 11.2 Å². The molecule has 5 aliphatic rings. The molecule has 0 radical (unpaired) electrons. The molecule has 1 aromatic rings. The van der Waals surface area contributed by atoms with Gasteiger partial charge in [-0.25, -0.2) is 0 Å². The Morgan fingerprint density at radius 1 is 1.12 bits per heavy atom. The average molecular weight is 466 g/mol. The molecule has 2 aliphatic heterocycles. The number of fused-ring (bicyclic) bond motifs is 5. The molecule has 1 N–H and O–H groups in total. The van der Waals surface area contributed by atoms with E-state index in [-0.39, 0.29) is 5.91 Å². The third-order valence-electron chi connectivity index (χ3n) is 10.2. The van der Waals surface area contributed by atoms with E-state index in [4.69, 9.17) is 4.74 Å². The highest BCUT2D eigenvalue weighted by molar-refractivity contribution is 5.78. The van der Waals surface area contributed by atoms with Crippen LogP contribution in [0.4, 0.5) is 0 Å². The minimum atomic E-state index is 0.146. The molecule has 0 bridgehead atoms. The standard InChI is InChI=1S/C29H43N3O2/c1-29-12-11-24-23-8-6-22(34-18-4-14-31-17-13-30-28(33)20-31)19-21(23)5-7-25(24)26(29)9-10-27(29)32-15-2-3-16-32/h6,8,19,24-27H,2-5,7,9-18,20H2,1H3,(H,30,33)/t24-,25-,26+,27+,29+/m1/s1. The first-order chi connectivity index (χ1) is 16.6. The molecular formula is C29H43N3O2. The molecule has 1 aromatic carbocycles. The van der Waals surface area contributed by atoms with Crippen molar-refractivity contribution >= 4 is 5.91 Å². The van der Waals surface area contributed by atoms with Crippen molar-refractivity contribution in [2.24, 2.45) is 17.3 Å². The van der Waals surface area contributed by atoms with Crippen LogP contribution in [-0.4, -0.2) is 67.6 Å². The van der Waals surface area contributed by atoms with Crippen molar-refractivity contribution in [1.82, 2.24) is 15.1 Å². The SMILES string of the molecule is C[C@]12CC[C@@H]3c4ccc(OCCCN5CCNC(=O)C5)cc4CC[C@H]3[C@@H]1CC[C@@H]2N1CCCC1. The van der Waals surface area contributed by atoms with Crippen LogP contribution >= 0.6 is 0 Å². The molecule has 3 aliphatic carbocycles. The Balaban J connectivity index is 1.07. The molecular weight excluding hydrogens is 422 g/mol. The van der Waals surface area contributed by atoms with Crippen molar-refractivity contribution in [1.29, 1.82) is 0 Å². The van der Waals surface area contributed by atoms with Gasteiger partial charge in [0.1, 0.15) is 5.75 Å². The summed E-state index contributed by atoms with van der Waals surface area (Å²) in [6.07, 6.45) is 12.0. The molecule has 1 amide bonds. The number of ether oxygens (including phenoxy) is 1. The van der Waals surface area contributed by atoms with Crippen LogP contribution in [0.15, 0.2) is 18.2 Å². The first-order valence-corrected chi connectivity index (χ1v) is 14.1. The molecule has 5 atom stereocenters. The minimum Gasteiger partial charge on any atom is -0.494 e. The Kier molecular flexibility index (Phi) is 6.36. The summed E-state index contributed by atoms with van der Waals surface area (Å²) < 4.78 is 6.15. The van der Waals surface area contributed by atoms with Crippen molar-refractivity contribution in [3.8, 4) is 5.75 Å². The number of carbonyl (C=O) groups excluding carboxylic acids is 1. The molecule has 4 fully saturated rings. The molecule has 0 unspecified atom stereocenters. The molecule has 2 saturated heterocycles. The van der Waals surface area contributed by atoms with Crippen LogP contribution in [0.5, 0.6) is 5.75 Å². The summed E-state index contributed by atoms with van der Waals surface area (Å²) in [4.78, 5) is 16.6. The zero-order valence-electron chi connectivity index (χ0n) is 21.1. The second-order valence-electron chi connectivity index (χ2n) is 12.0. The Morgan fingerprint density at radius 3 is 2.85 bits per heavy atom. The monoisotopic (exact) mass is 465 g/mol. The van der Waals surface area contributed by atoms with Crippen LogP contribution in [0.3, 0.4) is 0 Å². The van der Waals surface area contributed by atoms with Gasteiger partial charge in [0.2, 0.25) is 5.91 Å². The third kappa shape index (κ3) is 4.17. The topological polar surface area (TPSA) is 44.8 Å². The van der Waals surface area contributed by atoms with Gasteiger partial charge in [0.05, 0.1) is 13.2 Å². The zero-order chi connectivity index (χ0) is 23.1. The zero-order valence-corrected chi connectivity index (χ0v) is 21.1. The predicted octanol–water partition coefficient (Wildman–Crippen LogP) is 4.21. The van der Waals surface area contributed by atoms with Crippen LogP contribution in [0.2, 0.25) is 0 Å². The fourth-order valence-corrected chi connectivity index (χ4v) is 8.63. The highest BCUT2D eigenvalue weighted by atomic mass is 16.5. The molecule has 6 rings (SSSR count). The van der Waals surface area contributed by atoms with Gasteiger partial charge in [0.25, 0.3) is 0 Å². The van der Waals surface area contributed by atoms with Crippen molar-refractivity contribution in [3.05, 3.63) is 29.3 Å². The number of rotatable bonds is 6. The quantitative estimate of drug-likeness (QED) is 0.640. The van der Waals surface area contributed by atoms with Crippen molar-refractivity contribution in [2.75, 3.05) is 45.9 Å². The van der Waals surface area contributed by atoms with E-state index in [2.05, 4.69) is 40.2 Å². The van der Waals surface area contributed by atoms with Crippen molar-refractivity contribution in [2.45, 2.75) is 76.7 Å². The lowest BCUT2D eigenvalue weighted by Crippen LogP contribution is -2.49. The molecule has 2 saturated carbocycles. The van der Waals surface area contributed by atoms with Gasteiger partial charge in [-0.1, -0.05) is 13.0 Å². The van der Waals surface area contributed by atoms with Crippen LogP contribution in [0, 0.1) is 17.3 Å². The number of hydrogen-bond donors (Lipinski definition) is 1. The Labute approximate surface area is 205 Å². The number of hydrogen-bond acceptors (Lipinski definition) is 4. The summed E-state index contributed by atoms with van der Waals surface area (Å²) in [5, 5.41) is 2.89. The number of aryl methyl sites for hydroxylation is 1. The van der Waals surface area contributed by atoms with Gasteiger partial charge >= 0.3 is 0 Å². The van der Waals surface area contributed by atoms with Gasteiger partial charge in [-0.3, -0.25) is 14.6 Å². The van der Waals surface area contributed by atoms with Gasteiger partial charge in [0.15, 0.2) is 0 Å². The molecule has 0 spiro atoms. The normalized spacial score (nSPS) is 36.0. The van der Waals surface area contributed by atoms with E-state index in [1.807, 2.05) is 0 Å². The molecule has 2 heterocycles. The van der Waals surface area contributed by atoms with Crippen LogP contribution in [0.1, 0.15) is 75.3 Å². The third-order valence-corrected chi connectivity index (χ3v) is 10.2. The average Bonchev–Trinajstić information content (AvgIpc) is 3.49. The summed E-state index contributed by atoms with van der Waals surface area (Å²) in [7, 11) is 0. The maximum Gasteiger partial charge on any atom is 0.234 e. The largest absolute Gasteiger partial charge is 0.494 e. The number of amides is 1. The molecule has 5 heteroatoms. The van der Waals surface area contributed by atoms with E-state index in [9.17, 15) is 4.79 Å². The summed E-state index contributed by atoms with van der Waals surface area (Å²) in [5.41, 5.74) is 3.72. The first kappa shape index (κ1) is 22.8. The van der Waals surface area contributed by atoms with E-state index in [0.717, 1.165) is 62.2 Å². The number of piperazine rings is 1. The number of benzene rings is 1. The van der Waals surface area contributed by atoms with E-state index in [1.165, 1.54) is 64.5 Å². The molecule has 5 nitrogen and oxygen atoms in total. The highest BCUT2D eigenvalue weighted by Crippen LogP contribution is 2.62. The lowest BCUT2D eigenvalue weighted by molar-refractivity contribution is -0.124. The number of likely N-dealkylation sites (tertiary alicyclic amines) is 1. The lowest BCUT2D eigenvalue weighted by atomic mass is 9.55. The van der Waals surface area contributed by atoms with Crippen molar-refractivity contribution in [3.63, 3.8) is 0 Å². The van der Waals surface area contributed by atoms with Crippen LogP contribution < -0.4 is 10.1 Å². The lowest BCUT2D eigenvalue weighted by Gasteiger charge is -2.52. The summed E-state index contributed by atoms with van der Waals surface area (Å²) in [6.45, 7) is 9.26. The Morgan fingerprint density at radius 2 is 2.00 bits per heavy atom. The molecule has 0 aromatic heterocycles. The minimum absolute atomic E-state index is 0.146. The summed E-state index contributed by atoms with van der Waals surface area (Å²) in [5.74, 6) is 3.74. The second-order valence-corrected chi connectivity index (χ2v) is 12.0. The summed E-state index contributed by atoms with van der Waals surface area (Å²) >= 11 is 0. The second kappa shape index (κ2) is 9.46. The Bertz CT molecular complexity index is 897. The van der Waals surface area contributed by atoms with E-state index in [0.29, 0.717) is 12.0 Å². The molecule has 186 valence electrons. The Hall–Kier alpha value is -1.59. The fourth-order valence-electron chi connectivity index (χ4n) is 8.63. The maximum absolute atomic E-state index is 11.5. The van der Waals surface area contributed by atoms with E-state index in [1.54, 1.807) is 11.1 Å². The van der Waals surface area contributed by atoms with E-state index < -0.39 is 0 Å². The van der Waals surface area contributed by atoms with Gasteiger partial charge < -0.3 is 10.1 Å². The highest BCUT2D eigenvalue weighted by Gasteiger charge is 2.56. The van der Waals surface area contributed by atoms with Gasteiger partial charge in [0, 0.05) is 25.7 Å². The van der Waals surface area contributed by atoms with Gasteiger partial charge in [-0.05, 0) is 117 Å². The number of nitrogens with one attached hydrogen (secondary N) is 1. The van der Waals surface area contributed by atoms with Gasteiger partial charge in [-0.2, -0.15) is 0 Å². The molecule has 34 heavy (non-hydrogen) atoms. The number of nitrogens with zero attached hydrogens (tertiary/aromatic N) is 2. The smallest absolute Gasteiger partial charge is 0.234 e. The van der Waals surface area contributed by atoms with Crippen molar-refractivity contribution < 1.29 is 9.53 Å². The van der Waals surface area contributed by atoms with E-state index >= 15 is 0 Å². The predicted molar refractivity (Wildman–Crippen MR) is 135 cm³/mol. The number of carbonyl (C=O) groups is 1. The maximum atomic E-state index is 11.5. The fraction of sp³-hybridized carbons (Fsp3) is 0.759.